The maximum absolute atomic E-state index is 13.8. The Hall–Kier alpha value is -0.610. The van der Waals surface area contributed by atoms with Crippen molar-refractivity contribution in [2.75, 3.05) is 7.05 Å². The molecule has 4 heteroatoms. The Labute approximate surface area is 121 Å². The molecule has 2 aliphatic carbocycles. The number of nitrogens with one attached hydrogen (secondary N) is 1. The van der Waals surface area contributed by atoms with Gasteiger partial charge in [0.05, 0.1) is 0 Å². The maximum atomic E-state index is 13.8. The van der Waals surface area contributed by atoms with Gasteiger partial charge in [0.25, 0.3) is 0 Å². The van der Waals surface area contributed by atoms with Gasteiger partial charge >= 0.3 is 0 Å². The SMILES string of the molecule is CNC1CC(Oc2cc(Br)ccc2F)C12CCCC2. The summed E-state index contributed by atoms with van der Waals surface area (Å²) < 4.78 is 20.6. The molecule has 1 spiro atoms. The van der Waals surface area contributed by atoms with Crippen molar-refractivity contribution in [1.82, 2.24) is 5.32 Å². The predicted octanol–water partition coefficient (Wildman–Crippen LogP) is 3.89. The van der Waals surface area contributed by atoms with Crippen LogP contribution in [0.15, 0.2) is 22.7 Å². The summed E-state index contributed by atoms with van der Waals surface area (Å²) in [5.41, 5.74) is 0.226. The van der Waals surface area contributed by atoms with Crippen molar-refractivity contribution in [3.05, 3.63) is 28.5 Å². The minimum Gasteiger partial charge on any atom is -0.487 e. The van der Waals surface area contributed by atoms with Crippen LogP contribution >= 0.6 is 15.9 Å². The summed E-state index contributed by atoms with van der Waals surface area (Å²) in [7, 11) is 2.01. The normalized spacial score (nSPS) is 28.4. The minimum atomic E-state index is -0.274. The highest BCUT2D eigenvalue weighted by Gasteiger charge is 2.57. The van der Waals surface area contributed by atoms with Crippen LogP contribution in [0.1, 0.15) is 32.1 Å². The summed E-state index contributed by atoms with van der Waals surface area (Å²) in [6.07, 6.45) is 6.04. The third-order valence-corrected chi connectivity index (χ3v) is 5.32. The molecule has 0 saturated heterocycles. The molecule has 0 aliphatic heterocycles. The largest absolute Gasteiger partial charge is 0.487 e. The van der Waals surface area contributed by atoms with Crippen molar-refractivity contribution >= 4 is 15.9 Å². The van der Waals surface area contributed by atoms with Gasteiger partial charge in [-0.25, -0.2) is 4.39 Å². The van der Waals surface area contributed by atoms with E-state index >= 15 is 0 Å². The standard InChI is InChI=1S/C15H19BrFNO/c1-18-13-9-14(15(13)6-2-3-7-15)19-12-8-10(16)4-5-11(12)17/h4-5,8,13-14,18H,2-3,6-7,9H2,1H3. The first-order valence-corrected chi connectivity index (χ1v) is 7.74. The maximum Gasteiger partial charge on any atom is 0.165 e. The lowest BCUT2D eigenvalue weighted by Crippen LogP contribution is -2.63. The van der Waals surface area contributed by atoms with E-state index in [9.17, 15) is 4.39 Å². The molecular weight excluding hydrogens is 309 g/mol. The van der Waals surface area contributed by atoms with E-state index in [2.05, 4.69) is 21.2 Å². The van der Waals surface area contributed by atoms with Gasteiger partial charge in [-0.05, 0) is 38.1 Å². The molecule has 0 amide bonds. The van der Waals surface area contributed by atoms with E-state index in [4.69, 9.17) is 4.74 Å². The zero-order valence-electron chi connectivity index (χ0n) is 11.1. The number of rotatable bonds is 3. The van der Waals surface area contributed by atoms with Gasteiger partial charge in [-0.2, -0.15) is 0 Å². The van der Waals surface area contributed by atoms with Crippen LogP contribution in [0, 0.1) is 11.2 Å². The van der Waals surface area contributed by atoms with Crippen LogP contribution in [0.3, 0.4) is 0 Å². The smallest absolute Gasteiger partial charge is 0.165 e. The molecule has 2 unspecified atom stereocenters. The Bertz CT molecular complexity index is 473. The number of ether oxygens (including phenoxy) is 1. The van der Waals surface area contributed by atoms with Crippen LogP contribution in [0.4, 0.5) is 4.39 Å². The van der Waals surface area contributed by atoms with Crippen molar-refractivity contribution in [1.29, 1.82) is 0 Å². The van der Waals surface area contributed by atoms with Gasteiger partial charge in [-0.1, -0.05) is 28.8 Å². The summed E-state index contributed by atoms with van der Waals surface area (Å²) in [6.45, 7) is 0. The molecule has 19 heavy (non-hydrogen) atoms. The highest BCUT2D eigenvalue weighted by atomic mass is 79.9. The molecule has 0 radical (unpaired) electrons. The Morgan fingerprint density at radius 2 is 2.11 bits per heavy atom. The van der Waals surface area contributed by atoms with E-state index in [1.165, 1.54) is 31.7 Å². The monoisotopic (exact) mass is 327 g/mol. The molecule has 2 atom stereocenters. The van der Waals surface area contributed by atoms with Crippen LogP contribution in [-0.2, 0) is 0 Å². The topological polar surface area (TPSA) is 21.3 Å². The molecular formula is C15H19BrFNO. The summed E-state index contributed by atoms with van der Waals surface area (Å²) in [4.78, 5) is 0. The quantitative estimate of drug-likeness (QED) is 0.909. The Morgan fingerprint density at radius 3 is 2.79 bits per heavy atom. The zero-order valence-corrected chi connectivity index (χ0v) is 12.7. The molecule has 0 heterocycles. The lowest BCUT2D eigenvalue weighted by molar-refractivity contribution is -0.0751. The third kappa shape index (κ3) is 2.19. The van der Waals surface area contributed by atoms with Crippen LogP contribution in [0.2, 0.25) is 0 Å². The second-order valence-corrected chi connectivity index (χ2v) is 6.61. The van der Waals surface area contributed by atoms with E-state index in [1.54, 1.807) is 12.1 Å². The first-order valence-electron chi connectivity index (χ1n) is 6.95. The molecule has 2 fully saturated rings. The average molecular weight is 328 g/mol. The van der Waals surface area contributed by atoms with Gasteiger partial charge in [0.15, 0.2) is 11.6 Å². The first-order chi connectivity index (χ1) is 9.15. The van der Waals surface area contributed by atoms with Gasteiger partial charge in [0.2, 0.25) is 0 Å². The lowest BCUT2D eigenvalue weighted by atomic mass is 9.60. The molecule has 1 aromatic rings. The highest BCUT2D eigenvalue weighted by molar-refractivity contribution is 9.10. The molecule has 2 nitrogen and oxygen atoms in total. The van der Waals surface area contributed by atoms with E-state index in [0.717, 1.165) is 10.9 Å². The van der Waals surface area contributed by atoms with E-state index in [0.29, 0.717) is 11.8 Å². The highest BCUT2D eigenvalue weighted by Crippen LogP contribution is 2.54. The molecule has 104 valence electrons. The van der Waals surface area contributed by atoms with Crippen molar-refractivity contribution in [3.8, 4) is 5.75 Å². The Kier molecular flexibility index (Phi) is 3.56. The summed E-state index contributed by atoms with van der Waals surface area (Å²) in [6, 6.07) is 5.40. The summed E-state index contributed by atoms with van der Waals surface area (Å²) >= 11 is 3.37. The van der Waals surface area contributed by atoms with Crippen molar-refractivity contribution in [2.24, 2.45) is 5.41 Å². The van der Waals surface area contributed by atoms with Crippen LogP contribution in [0.5, 0.6) is 5.75 Å². The van der Waals surface area contributed by atoms with E-state index < -0.39 is 0 Å². The van der Waals surface area contributed by atoms with Crippen LogP contribution < -0.4 is 10.1 Å². The van der Waals surface area contributed by atoms with Gasteiger partial charge in [-0.3, -0.25) is 0 Å². The second kappa shape index (κ2) is 5.06. The van der Waals surface area contributed by atoms with Gasteiger partial charge in [0, 0.05) is 22.4 Å². The Balaban J connectivity index is 1.78. The molecule has 2 saturated carbocycles. The van der Waals surface area contributed by atoms with Crippen LogP contribution in [0.25, 0.3) is 0 Å². The summed E-state index contributed by atoms with van der Waals surface area (Å²) in [5, 5.41) is 3.39. The van der Waals surface area contributed by atoms with Crippen molar-refractivity contribution in [3.63, 3.8) is 0 Å². The molecule has 0 bridgehead atoms. The van der Waals surface area contributed by atoms with E-state index in [-0.39, 0.29) is 17.3 Å². The van der Waals surface area contributed by atoms with Crippen molar-refractivity contribution < 1.29 is 9.13 Å². The minimum absolute atomic E-state index is 0.149. The predicted molar refractivity (Wildman–Crippen MR) is 76.9 cm³/mol. The number of benzene rings is 1. The van der Waals surface area contributed by atoms with Crippen LogP contribution in [-0.4, -0.2) is 19.2 Å². The zero-order chi connectivity index (χ0) is 13.5. The number of hydrogen-bond donors (Lipinski definition) is 1. The molecule has 3 rings (SSSR count). The second-order valence-electron chi connectivity index (χ2n) is 5.70. The number of hydrogen-bond acceptors (Lipinski definition) is 2. The van der Waals surface area contributed by atoms with Gasteiger partial charge in [0.1, 0.15) is 6.10 Å². The molecule has 1 N–H and O–H groups in total. The van der Waals surface area contributed by atoms with Gasteiger partial charge < -0.3 is 10.1 Å². The molecule has 2 aliphatic rings. The lowest BCUT2D eigenvalue weighted by Gasteiger charge is -2.53. The van der Waals surface area contributed by atoms with E-state index in [1.807, 2.05) is 7.05 Å². The summed E-state index contributed by atoms with van der Waals surface area (Å²) in [5.74, 6) is 0.101. The first kappa shape index (κ1) is 13.4. The van der Waals surface area contributed by atoms with Gasteiger partial charge in [-0.15, -0.1) is 0 Å². The number of halogens is 2. The fourth-order valence-corrected chi connectivity index (χ4v) is 4.08. The Morgan fingerprint density at radius 1 is 1.37 bits per heavy atom. The molecule has 1 aromatic carbocycles. The molecule has 0 aromatic heterocycles. The van der Waals surface area contributed by atoms with Crippen molar-refractivity contribution in [2.45, 2.75) is 44.2 Å². The third-order valence-electron chi connectivity index (χ3n) is 4.83. The average Bonchev–Trinajstić information content (AvgIpc) is 2.90. The fraction of sp³-hybridized carbons (Fsp3) is 0.600. The fourth-order valence-electron chi connectivity index (χ4n) is 3.74.